The molecule has 1 aromatic carbocycles. The zero-order chi connectivity index (χ0) is 19.3. The van der Waals surface area contributed by atoms with Gasteiger partial charge in [-0.2, -0.15) is 0 Å². The van der Waals surface area contributed by atoms with Gasteiger partial charge in [-0.15, -0.1) is 0 Å². The predicted octanol–water partition coefficient (Wildman–Crippen LogP) is 2.16. The van der Waals surface area contributed by atoms with Gasteiger partial charge in [-0.25, -0.2) is 13.2 Å². The standard InChI is InChI=1S/C18H26N2O5S/c1-12-6-4-9-16(13(12)2)19-17(21)11-25-18(22)14-7-5-8-15(10-14)20-26(3,23)24/h5,7-8,10,12-13,16,20H,4,6,9,11H2,1-3H3,(H,19,21). The van der Waals surface area contributed by atoms with Crippen LogP contribution in [0.25, 0.3) is 0 Å². The molecule has 26 heavy (non-hydrogen) atoms. The van der Waals surface area contributed by atoms with Crippen LogP contribution in [0.4, 0.5) is 5.69 Å². The summed E-state index contributed by atoms with van der Waals surface area (Å²) in [5, 5.41) is 2.94. The number of ether oxygens (including phenoxy) is 1. The molecular weight excluding hydrogens is 356 g/mol. The van der Waals surface area contributed by atoms with Gasteiger partial charge in [0.05, 0.1) is 11.8 Å². The molecule has 1 amide bonds. The van der Waals surface area contributed by atoms with Crippen LogP contribution < -0.4 is 10.0 Å². The minimum absolute atomic E-state index is 0.104. The lowest BCUT2D eigenvalue weighted by molar-refractivity contribution is -0.125. The smallest absolute Gasteiger partial charge is 0.338 e. The molecule has 0 aliphatic heterocycles. The Morgan fingerprint density at radius 3 is 2.65 bits per heavy atom. The third kappa shape index (κ3) is 6.01. The van der Waals surface area contributed by atoms with Crippen LogP contribution in [-0.2, 0) is 19.6 Å². The molecule has 3 unspecified atom stereocenters. The van der Waals surface area contributed by atoms with Gasteiger partial charge in [-0.3, -0.25) is 9.52 Å². The Balaban J connectivity index is 1.88. The van der Waals surface area contributed by atoms with Gasteiger partial charge in [0, 0.05) is 11.7 Å². The van der Waals surface area contributed by atoms with Crippen LogP contribution in [0.3, 0.4) is 0 Å². The first kappa shape index (κ1) is 20.2. The van der Waals surface area contributed by atoms with Crippen LogP contribution in [0.2, 0.25) is 0 Å². The minimum atomic E-state index is -3.44. The summed E-state index contributed by atoms with van der Waals surface area (Å²) in [7, 11) is -3.44. The molecular formula is C18H26N2O5S. The van der Waals surface area contributed by atoms with Gasteiger partial charge in [0.1, 0.15) is 0 Å². The lowest BCUT2D eigenvalue weighted by Gasteiger charge is -2.34. The molecule has 2 N–H and O–H groups in total. The predicted molar refractivity (Wildman–Crippen MR) is 99.3 cm³/mol. The molecule has 8 heteroatoms. The zero-order valence-corrected chi connectivity index (χ0v) is 16.1. The van der Waals surface area contributed by atoms with E-state index in [2.05, 4.69) is 23.9 Å². The molecule has 1 saturated carbocycles. The number of sulfonamides is 1. The summed E-state index contributed by atoms with van der Waals surface area (Å²) in [5.41, 5.74) is 0.433. The van der Waals surface area contributed by atoms with Crippen molar-refractivity contribution in [3.8, 4) is 0 Å². The molecule has 1 aliphatic carbocycles. The molecule has 144 valence electrons. The fraction of sp³-hybridized carbons (Fsp3) is 0.556. The highest BCUT2D eigenvalue weighted by atomic mass is 32.2. The Labute approximate surface area is 154 Å². The molecule has 0 radical (unpaired) electrons. The van der Waals surface area contributed by atoms with Gasteiger partial charge in [0.2, 0.25) is 10.0 Å². The summed E-state index contributed by atoms with van der Waals surface area (Å²) in [6, 6.07) is 6.03. The van der Waals surface area contributed by atoms with Crippen LogP contribution in [0.15, 0.2) is 24.3 Å². The van der Waals surface area contributed by atoms with E-state index < -0.39 is 16.0 Å². The maximum absolute atomic E-state index is 12.1. The number of amides is 1. The Morgan fingerprint density at radius 2 is 1.96 bits per heavy atom. The third-order valence-corrected chi connectivity index (χ3v) is 5.40. The van der Waals surface area contributed by atoms with E-state index in [4.69, 9.17) is 4.74 Å². The maximum Gasteiger partial charge on any atom is 0.338 e. The van der Waals surface area contributed by atoms with Crippen molar-refractivity contribution in [2.45, 2.75) is 39.2 Å². The summed E-state index contributed by atoms with van der Waals surface area (Å²) in [6.45, 7) is 3.95. The molecule has 0 bridgehead atoms. The maximum atomic E-state index is 12.1. The SMILES string of the molecule is CC1CCCC(NC(=O)COC(=O)c2cccc(NS(C)(=O)=O)c2)C1C. The number of hydrogen-bond acceptors (Lipinski definition) is 5. The fourth-order valence-corrected chi connectivity index (χ4v) is 3.73. The largest absolute Gasteiger partial charge is 0.452 e. The van der Waals surface area contributed by atoms with Gasteiger partial charge < -0.3 is 10.1 Å². The van der Waals surface area contributed by atoms with Gasteiger partial charge in [-0.05, 0) is 36.5 Å². The van der Waals surface area contributed by atoms with Gasteiger partial charge in [0.25, 0.3) is 5.91 Å². The second-order valence-corrected chi connectivity index (χ2v) is 8.72. The number of esters is 1. The van der Waals surface area contributed by atoms with Crippen molar-refractivity contribution in [2.75, 3.05) is 17.6 Å². The highest BCUT2D eigenvalue weighted by Gasteiger charge is 2.28. The molecule has 3 atom stereocenters. The summed E-state index contributed by atoms with van der Waals surface area (Å²) >= 11 is 0. The van der Waals surface area contributed by atoms with Crippen molar-refractivity contribution in [1.82, 2.24) is 5.32 Å². The number of hydrogen-bond donors (Lipinski definition) is 2. The van der Waals surface area contributed by atoms with Crippen molar-refractivity contribution in [3.63, 3.8) is 0 Å². The van der Waals surface area contributed by atoms with Crippen LogP contribution in [0.5, 0.6) is 0 Å². The number of anilines is 1. The van der Waals surface area contributed by atoms with E-state index in [1.54, 1.807) is 0 Å². The highest BCUT2D eigenvalue weighted by Crippen LogP contribution is 2.29. The van der Waals surface area contributed by atoms with Crippen molar-refractivity contribution < 1.29 is 22.7 Å². The molecule has 1 aliphatic rings. The topological polar surface area (TPSA) is 102 Å². The number of benzene rings is 1. The third-order valence-electron chi connectivity index (χ3n) is 4.79. The van der Waals surface area contributed by atoms with Gasteiger partial charge >= 0.3 is 5.97 Å². The van der Waals surface area contributed by atoms with E-state index in [-0.39, 0.29) is 29.8 Å². The Bertz CT molecular complexity index is 763. The number of carbonyl (C=O) groups is 2. The van der Waals surface area contributed by atoms with E-state index in [1.165, 1.54) is 30.7 Å². The second kappa shape index (κ2) is 8.53. The monoisotopic (exact) mass is 382 g/mol. The van der Waals surface area contributed by atoms with E-state index in [1.807, 2.05) is 0 Å². The molecule has 1 aromatic rings. The molecule has 0 heterocycles. The molecule has 2 rings (SSSR count). The van der Waals surface area contributed by atoms with E-state index in [0.717, 1.165) is 19.1 Å². The highest BCUT2D eigenvalue weighted by molar-refractivity contribution is 7.92. The van der Waals surface area contributed by atoms with Gasteiger partial charge in [0.15, 0.2) is 6.61 Å². The van der Waals surface area contributed by atoms with E-state index >= 15 is 0 Å². The fourth-order valence-electron chi connectivity index (χ4n) is 3.17. The van der Waals surface area contributed by atoms with Crippen molar-refractivity contribution in [3.05, 3.63) is 29.8 Å². The Kier molecular flexibility index (Phi) is 6.63. The summed E-state index contributed by atoms with van der Waals surface area (Å²) in [5.74, 6) is -0.0547. The van der Waals surface area contributed by atoms with Crippen LogP contribution in [0, 0.1) is 11.8 Å². The zero-order valence-electron chi connectivity index (χ0n) is 15.3. The first-order chi connectivity index (χ1) is 12.2. The molecule has 0 saturated heterocycles. The molecule has 0 aromatic heterocycles. The van der Waals surface area contributed by atoms with Crippen LogP contribution in [-0.4, -0.2) is 39.2 Å². The van der Waals surface area contributed by atoms with Crippen LogP contribution >= 0.6 is 0 Å². The Hall–Kier alpha value is -2.09. The molecule has 0 spiro atoms. The first-order valence-electron chi connectivity index (χ1n) is 8.70. The van der Waals surface area contributed by atoms with Crippen molar-refractivity contribution >= 4 is 27.6 Å². The normalized spacial score (nSPS) is 23.1. The van der Waals surface area contributed by atoms with Crippen molar-refractivity contribution in [1.29, 1.82) is 0 Å². The van der Waals surface area contributed by atoms with E-state index in [0.29, 0.717) is 11.8 Å². The quantitative estimate of drug-likeness (QED) is 0.734. The van der Waals surface area contributed by atoms with Crippen LogP contribution in [0.1, 0.15) is 43.5 Å². The van der Waals surface area contributed by atoms with Crippen molar-refractivity contribution in [2.24, 2.45) is 11.8 Å². The number of carbonyl (C=O) groups excluding carboxylic acids is 2. The molecule has 7 nitrogen and oxygen atoms in total. The number of nitrogens with one attached hydrogen (secondary N) is 2. The van der Waals surface area contributed by atoms with Gasteiger partial charge in [-0.1, -0.05) is 32.8 Å². The first-order valence-corrected chi connectivity index (χ1v) is 10.6. The lowest BCUT2D eigenvalue weighted by atomic mass is 9.78. The summed E-state index contributed by atoms with van der Waals surface area (Å²) in [4.78, 5) is 24.2. The average Bonchev–Trinajstić information content (AvgIpc) is 2.55. The average molecular weight is 382 g/mol. The summed E-state index contributed by atoms with van der Waals surface area (Å²) < 4.78 is 29.9. The summed E-state index contributed by atoms with van der Waals surface area (Å²) in [6.07, 6.45) is 4.20. The van der Waals surface area contributed by atoms with E-state index in [9.17, 15) is 18.0 Å². The molecule has 1 fully saturated rings. The Morgan fingerprint density at radius 1 is 1.23 bits per heavy atom. The minimum Gasteiger partial charge on any atom is -0.452 e. The number of rotatable bonds is 6. The second-order valence-electron chi connectivity index (χ2n) is 6.97. The lowest BCUT2D eigenvalue weighted by Crippen LogP contribution is -2.45.